The molecule has 0 atom stereocenters. The van der Waals surface area contributed by atoms with Gasteiger partial charge >= 0.3 is 0 Å². The van der Waals surface area contributed by atoms with Crippen molar-refractivity contribution in [2.45, 2.75) is 6.42 Å². The van der Waals surface area contributed by atoms with Gasteiger partial charge in [0.25, 0.3) is 0 Å². The van der Waals surface area contributed by atoms with Crippen LogP contribution < -0.4 is 10.2 Å². The van der Waals surface area contributed by atoms with Crippen LogP contribution in [0.2, 0.25) is 0 Å². The van der Waals surface area contributed by atoms with Crippen molar-refractivity contribution < 1.29 is 4.74 Å². The number of morpholine rings is 1. The number of benzene rings is 1. The second-order valence-electron chi connectivity index (χ2n) is 5.83. The van der Waals surface area contributed by atoms with Crippen LogP contribution in [0.5, 0.6) is 0 Å². The fourth-order valence-electron chi connectivity index (χ4n) is 2.88. The third-order valence-electron chi connectivity index (χ3n) is 4.21. The van der Waals surface area contributed by atoms with Gasteiger partial charge in [0.15, 0.2) is 0 Å². The number of nitrogens with zero attached hydrogens (tertiary/aromatic N) is 4. The van der Waals surface area contributed by atoms with Gasteiger partial charge < -0.3 is 15.0 Å². The number of aromatic nitrogens is 4. The molecular weight excluding hydrogens is 304 g/mol. The first-order chi connectivity index (χ1) is 11.9. The first-order valence-corrected chi connectivity index (χ1v) is 8.19. The van der Waals surface area contributed by atoms with Crippen molar-refractivity contribution in [2.75, 3.05) is 43.1 Å². The second kappa shape index (κ2) is 6.84. The molecule has 2 N–H and O–H groups in total. The summed E-state index contributed by atoms with van der Waals surface area (Å²) in [6, 6.07) is 8.38. The highest BCUT2D eigenvalue weighted by atomic mass is 16.5. The number of nitrogens with one attached hydrogen (secondary N) is 2. The van der Waals surface area contributed by atoms with Crippen LogP contribution >= 0.6 is 0 Å². The van der Waals surface area contributed by atoms with E-state index in [2.05, 4.69) is 48.6 Å². The molecule has 0 spiro atoms. The number of anilines is 2. The minimum atomic E-state index is 0.753. The Bertz CT molecular complexity index is 811. The van der Waals surface area contributed by atoms with E-state index in [9.17, 15) is 0 Å². The fourth-order valence-corrected chi connectivity index (χ4v) is 2.88. The van der Waals surface area contributed by atoms with E-state index in [0.29, 0.717) is 0 Å². The van der Waals surface area contributed by atoms with E-state index in [1.54, 1.807) is 6.33 Å². The molecule has 0 amide bonds. The van der Waals surface area contributed by atoms with Crippen LogP contribution in [0.15, 0.2) is 36.8 Å². The van der Waals surface area contributed by atoms with Crippen LogP contribution in [-0.4, -0.2) is 53.0 Å². The number of aromatic amines is 1. The topological polar surface area (TPSA) is 79.0 Å². The summed E-state index contributed by atoms with van der Waals surface area (Å²) in [5, 5.41) is 11.6. The Morgan fingerprint density at radius 1 is 1.17 bits per heavy atom. The Labute approximate surface area is 140 Å². The van der Waals surface area contributed by atoms with E-state index in [0.717, 1.165) is 61.8 Å². The highest BCUT2D eigenvalue weighted by Crippen LogP contribution is 2.16. The monoisotopic (exact) mass is 324 g/mol. The number of rotatable bonds is 5. The van der Waals surface area contributed by atoms with Gasteiger partial charge in [0.2, 0.25) is 0 Å². The van der Waals surface area contributed by atoms with Gasteiger partial charge in [0.05, 0.1) is 24.9 Å². The third-order valence-corrected chi connectivity index (χ3v) is 4.21. The predicted molar refractivity (Wildman–Crippen MR) is 93.4 cm³/mol. The molecule has 4 rings (SSSR count). The molecule has 3 heterocycles. The molecule has 24 heavy (non-hydrogen) atoms. The molecule has 124 valence electrons. The fraction of sp³-hybridized carbons (Fsp3) is 0.353. The second-order valence-corrected chi connectivity index (χ2v) is 5.83. The van der Waals surface area contributed by atoms with Crippen molar-refractivity contribution in [2.24, 2.45) is 0 Å². The normalized spacial score (nSPS) is 14.9. The van der Waals surface area contributed by atoms with Crippen LogP contribution in [0, 0.1) is 0 Å². The van der Waals surface area contributed by atoms with Crippen molar-refractivity contribution in [3.8, 4) is 0 Å². The molecule has 3 aromatic rings. The largest absolute Gasteiger partial charge is 0.378 e. The molecule has 1 aliphatic rings. The molecule has 2 aromatic heterocycles. The quantitative estimate of drug-likeness (QED) is 0.745. The highest BCUT2D eigenvalue weighted by molar-refractivity contribution is 5.78. The summed E-state index contributed by atoms with van der Waals surface area (Å²) < 4.78 is 5.38. The zero-order chi connectivity index (χ0) is 16.2. The van der Waals surface area contributed by atoms with E-state index in [4.69, 9.17) is 4.74 Å². The van der Waals surface area contributed by atoms with E-state index in [-0.39, 0.29) is 0 Å². The summed E-state index contributed by atoms with van der Waals surface area (Å²) >= 11 is 0. The zero-order valence-corrected chi connectivity index (χ0v) is 13.4. The molecule has 0 aliphatic carbocycles. The third kappa shape index (κ3) is 3.30. The molecular formula is C17H20N6O. The van der Waals surface area contributed by atoms with Crippen LogP contribution in [-0.2, 0) is 11.2 Å². The Morgan fingerprint density at radius 3 is 3.00 bits per heavy atom. The molecule has 7 heteroatoms. The van der Waals surface area contributed by atoms with E-state index >= 15 is 0 Å². The van der Waals surface area contributed by atoms with Gasteiger partial charge in [0.1, 0.15) is 18.0 Å². The standard InChI is InChI=1S/C17H20N6O/c1-2-14-11-21-22-15(14)9-13(1)3-4-18-16-10-17(20-12-19-16)23-5-7-24-8-6-23/h1-2,9-12H,3-8H2,(H,21,22)(H,18,19,20). The molecule has 7 nitrogen and oxygen atoms in total. The van der Waals surface area contributed by atoms with Gasteiger partial charge in [0, 0.05) is 31.1 Å². The maximum Gasteiger partial charge on any atom is 0.134 e. The number of ether oxygens (including phenoxy) is 1. The molecule has 0 bridgehead atoms. The summed E-state index contributed by atoms with van der Waals surface area (Å²) in [5.41, 5.74) is 2.34. The Hall–Kier alpha value is -2.67. The van der Waals surface area contributed by atoms with Crippen LogP contribution in [0.1, 0.15) is 5.56 Å². The summed E-state index contributed by atoms with van der Waals surface area (Å²) in [6.45, 7) is 4.08. The van der Waals surface area contributed by atoms with Gasteiger partial charge in [-0.05, 0) is 18.1 Å². The van der Waals surface area contributed by atoms with Crippen molar-refractivity contribution in [3.63, 3.8) is 0 Å². The maximum absolute atomic E-state index is 5.38. The molecule has 1 fully saturated rings. The van der Waals surface area contributed by atoms with Gasteiger partial charge in [-0.25, -0.2) is 9.97 Å². The van der Waals surface area contributed by atoms with Gasteiger partial charge in [-0.2, -0.15) is 5.10 Å². The first-order valence-electron chi connectivity index (χ1n) is 8.19. The van der Waals surface area contributed by atoms with E-state index in [1.807, 2.05) is 12.3 Å². The lowest BCUT2D eigenvalue weighted by Gasteiger charge is -2.27. The summed E-state index contributed by atoms with van der Waals surface area (Å²) in [4.78, 5) is 10.9. The number of H-pyrrole nitrogens is 1. The maximum atomic E-state index is 5.38. The Morgan fingerprint density at radius 2 is 2.08 bits per heavy atom. The average molecular weight is 324 g/mol. The smallest absolute Gasteiger partial charge is 0.134 e. The van der Waals surface area contributed by atoms with Gasteiger partial charge in [-0.15, -0.1) is 0 Å². The van der Waals surface area contributed by atoms with Crippen molar-refractivity contribution in [3.05, 3.63) is 42.4 Å². The number of hydrogen-bond donors (Lipinski definition) is 2. The summed E-state index contributed by atoms with van der Waals surface area (Å²) in [6.07, 6.45) is 4.38. The lowest BCUT2D eigenvalue weighted by molar-refractivity contribution is 0.122. The van der Waals surface area contributed by atoms with E-state index in [1.165, 1.54) is 5.56 Å². The van der Waals surface area contributed by atoms with Crippen LogP contribution in [0.4, 0.5) is 11.6 Å². The Kier molecular flexibility index (Phi) is 4.24. The van der Waals surface area contributed by atoms with Crippen molar-refractivity contribution in [1.29, 1.82) is 0 Å². The zero-order valence-electron chi connectivity index (χ0n) is 13.4. The SMILES string of the molecule is c1nc(NCCc2ccc3cn[nH]c3c2)cc(N2CCOCC2)n1. The van der Waals surface area contributed by atoms with Crippen molar-refractivity contribution in [1.82, 2.24) is 20.2 Å². The predicted octanol–water partition coefficient (Wildman–Crippen LogP) is 1.84. The Balaban J connectivity index is 1.36. The first kappa shape index (κ1) is 14.9. The lowest BCUT2D eigenvalue weighted by Crippen LogP contribution is -2.36. The van der Waals surface area contributed by atoms with Gasteiger partial charge in [-0.1, -0.05) is 12.1 Å². The minimum absolute atomic E-state index is 0.753. The lowest BCUT2D eigenvalue weighted by atomic mass is 10.1. The molecule has 0 saturated carbocycles. The molecule has 1 aromatic carbocycles. The molecule has 0 unspecified atom stereocenters. The van der Waals surface area contributed by atoms with Crippen molar-refractivity contribution >= 4 is 22.5 Å². The summed E-state index contributed by atoms with van der Waals surface area (Å²) in [7, 11) is 0. The van der Waals surface area contributed by atoms with E-state index < -0.39 is 0 Å². The van der Waals surface area contributed by atoms with Gasteiger partial charge in [-0.3, -0.25) is 5.10 Å². The molecule has 1 aliphatic heterocycles. The molecule has 0 radical (unpaired) electrons. The van der Waals surface area contributed by atoms with Crippen LogP contribution in [0.25, 0.3) is 10.9 Å². The summed E-state index contributed by atoms with van der Waals surface area (Å²) in [5.74, 6) is 1.81. The average Bonchev–Trinajstić information content (AvgIpc) is 3.11. The highest BCUT2D eigenvalue weighted by Gasteiger charge is 2.12. The number of fused-ring (bicyclic) bond motifs is 1. The van der Waals surface area contributed by atoms with Crippen LogP contribution in [0.3, 0.4) is 0 Å². The minimum Gasteiger partial charge on any atom is -0.378 e. The molecule has 1 saturated heterocycles. The number of hydrogen-bond acceptors (Lipinski definition) is 6.